The second-order valence-corrected chi connectivity index (χ2v) is 4.30. The van der Waals surface area contributed by atoms with Crippen LogP contribution in [0, 0.1) is 0 Å². The van der Waals surface area contributed by atoms with Crippen LogP contribution in [0.5, 0.6) is 11.5 Å². The lowest BCUT2D eigenvalue weighted by molar-refractivity contribution is 0.174. The summed E-state index contributed by atoms with van der Waals surface area (Å²) in [5, 5.41) is 0. The summed E-state index contributed by atoms with van der Waals surface area (Å²) in [5.41, 5.74) is 6.46. The van der Waals surface area contributed by atoms with Gasteiger partial charge in [-0.3, -0.25) is 9.78 Å². The van der Waals surface area contributed by atoms with Gasteiger partial charge in [-0.1, -0.05) is 0 Å². The number of anilines is 1. The van der Waals surface area contributed by atoms with Crippen molar-refractivity contribution in [1.29, 1.82) is 0 Å². The van der Waals surface area contributed by atoms with Crippen molar-refractivity contribution >= 4 is 17.1 Å². The Morgan fingerprint density at radius 2 is 2.00 bits per heavy atom. The predicted octanol–water partition coefficient (Wildman–Crippen LogP) is 0.624. The Bertz CT molecular complexity index is 882. The lowest BCUT2D eigenvalue weighted by Gasteiger charge is -1.98. The van der Waals surface area contributed by atoms with E-state index in [0.717, 1.165) is 5.56 Å². The van der Waals surface area contributed by atoms with Crippen LogP contribution in [-0.4, -0.2) is 26.7 Å². The molecular weight excluding hydrogens is 262 g/mol. The Hall–Kier alpha value is -3.03. The van der Waals surface area contributed by atoms with Crippen molar-refractivity contribution in [3.8, 4) is 22.9 Å². The van der Waals surface area contributed by atoms with Crippen LogP contribution in [0.1, 0.15) is 0 Å². The monoisotopic (exact) mass is 271 g/mol. The zero-order chi connectivity index (χ0) is 13.7. The maximum absolute atomic E-state index is 11.7. The maximum atomic E-state index is 11.7. The van der Waals surface area contributed by atoms with Crippen molar-refractivity contribution in [3.63, 3.8) is 0 Å². The van der Waals surface area contributed by atoms with E-state index in [0.29, 0.717) is 17.3 Å². The molecule has 3 aromatic rings. The topological polar surface area (TPSA) is 119 Å². The number of benzene rings is 1. The van der Waals surface area contributed by atoms with E-state index >= 15 is 0 Å². The molecule has 1 aromatic carbocycles. The Balaban J connectivity index is 1.90. The van der Waals surface area contributed by atoms with Gasteiger partial charge in [0, 0.05) is 5.56 Å². The van der Waals surface area contributed by atoms with E-state index in [2.05, 4.69) is 19.9 Å². The number of nitrogens with one attached hydrogen (secondary N) is 2. The summed E-state index contributed by atoms with van der Waals surface area (Å²) in [7, 11) is 0. The molecule has 3 heterocycles. The maximum Gasteiger partial charge on any atom is 0.278 e. The predicted molar refractivity (Wildman–Crippen MR) is 70.5 cm³/mol. The highest BCUT2D eigenvalue weighted by Gasteiger charge is 2.16. The summed E-state index contributed by atoms with van der Waals surface area (Å²) >= 11 is 0. The highest BCUT2D eigenvalue weighted by molar-refractivity contribution is 5.76. The Morgan fingerprint density at radius 3 is 2.90 bits per heavy atom. The lowest BCUT2D eigenvalue weighted by Crippen LogP contribution is -2.10. The van der Waals surface area contributed by atoms with Gasteiger partial charge in [-0.2, -0.15) is 4.98 Å². The molecule has 0 aliphatic carbocycles. The van der Waals surface area contributed by atoms with Gasteiger partial charge in [0.1, 0.15) is 5.82 Å². The van der Waals surface area contributed by atoms with Crippen LogP contribution in [0.25, 0.3) is 22.6 Å². The quantitative estimate of drug-likeness (QED) is 0.597. The van der Waals surface area contributed by atoms with Crippen LogP contribution < -0.4 is 20.8 Å². The number of fused-ring (bicyclic) bond motifs is 2. The second kappa shape index (κ2) is 3.73. The van der Waals surface area contributed by atoms with Gasteiger partial charge in [0.05, 0.1) is 0 Å². The molecule has 0 radical (unpaired) electrons. The SMILES string of the molecule is Nc1nc2nc(-c3ccc4c(c3)OCO4)[nH]c2c(=O)[nH]1. The molecule has 4 N–H and O–H groups in total. The molecule has 20 heavy (non-hydrogen) atoms. The minimum Gasteiger partial charge on any atom is -0.454 e. The average molecular weight is 271 g/mol. The number of nitrogen functional groups attached to an aromatic ring is 1. The minimum absolute atomic E-state index is 0.0336. The van der Waals surface area contributed by atoms with Gasteiger partial charge in [0.15, 0.2) is 22.7 Å². The summed E-state index contributed by atoms with van der Waals surface area (Å²) in [5.74, 6) is 1.88. The van der Waals surface area contributed by atoms with Crippen LogP contribution in [0.3, 0.4) is 0 Å². The third-order valence-corrected chi connectivity index (χ3v) is 3.03. The summed E-state index contributed by atoms with van der Waals surface area (Å²) in [6.07, 6.45) is 0. The third kappa shape index (κ3) is 1.51. The fourth-order valence-corrected chi connectivity index (χ4v) is 2.10. The van der Waals surface area contributed by atoms with Gasteiger partial charge in [0.2, 0.25) is 12.7 Å². The summed E-state index contributed by atoms with van der Waals surface area (Å²) in [4.78, 5) is 25.3. The van der Waals surface area contributed by atoms with Crippen molar-refractivity contribution in [3.05, 3.63) is 28.6 Å². The first kappa shape index (κ1) is 10.9. The fourth-order valence-electron chi connectivity index (χ4n) is 2.10. The lowest BCUT2D eigenvalue weighted by atomic mass is 10.2. The van der Waals surface area contributed by atoms with E-state index in [9.17, 15) is 4.79 Å². The molecule has 0 fully saturated rings. The Morgan fingerprint density at radius 1 is 1.15 bits per heavy atom. The van der Waals surface area contributed by atoms with Crippen molar-refractivity contribution in [2.45, 2.75) is 0 Å². The zero-order valence-electron chi connectivity index (χ0n) is 10.1. The number of aromatic nitrogens is 4. The molecule has 0 bridgehead atoms. The van der Waals surface area contributed by atoms with E-state index in [-0.39, 0.29) is 29.5 Å². The largest absolute Gasteiger partial charge is 0.454 e. The van der Waals surface area contributed by atoms with Crippen LogP contribution >= 0.6 is 0 Å². The highest BCUT2D eigenvalue weighted by atomic mass is 16.7. The van der Waals surface area contributed by atoms with Crippen LogP contribution in [-0.2, 0) is 0 Å². The molecule has 2 aromatic heterocycles. The molecule has 8 heteroatoms. The summed E-state index contributed by atoms with van der Waals surface area (Å²) < 4.78 is 10.6. The number of nitrogens with zero attached hydrogens (tertiary/aromatic N) is 2. The fraction of sp³-hybridized carbons (Fsp3) is 0.0833. The molecule has 0 amide bonds. The standard InChI is InChI=1S/C12H9N5O3/c13-12-16-10-8(11(18)17-12)14-9(15-10)5-1-2-6-7(3-5)20-4-19-6/h1-3H,4H2,(H4,13,14,15,16,17,18). The number of ether oxygens (including phenoxy) is 2. The van der Waals surface area contributed by atoms with Gasteiger partial charge >= 0.3 is 0 Å². The van der Waals surface area contributed by atoms with Crippen molar-refractivity contribution in [2.24, 2.45) is 0 Å². The van der Waals surface area contributed by atoms with E-state index in [1.165, 1.54) is 0 Å². The summed E-state index contributed by atoms with van der Waals surface area (Å²) in [6, 6.07) is 5.40. The third-order valence-electron chi connectivity index (χ3n) is 3.03. The van der Waals surface area contributed by atoms with Gasteiger partial charge < -0.3 is 20.2 Å². The molecule has 1 aliphatic rings. The normalized spacial score (nSPS) is 13.0. The highest BCUT2D eigenvalue weighted by Crippen LogP contribution is 2.35. The molecule has 0 spiro atoms. The molecule has 0 saturated heterocycles. The van der Waals surface area contributed by atoms with Gasteiger partial charge in [-0.05, 0) is 18.2 Å². The molecular formula is C12H9N5O3. The molecule has 1 aliphatic heterocycles. The molecule has 4 rings (SSSR count). The first-order valence-electron chi connectivity index (χ1n) is 5.86. The first-order valence-corrected chi connectivity index (χ1v) is 5.86. The summed E-state index contributed by atoms with van der Waals surface area (Å²) in [6.45, 7) is 0.205. The van der Waals surface area contributed by atoms with Crippen LogP contribution in [0.2, 0.25) is 0 Å². The van der Waals surface area contributed by atoms with E-state index in [4.69, 9.17) is 15.2 Å². The molecule has 100 valence electrons. The number of hydrogen-bond acceptors (Lipinski definition) is 6. The number of nitrogens with two attached hydrogens (primary N) is 1. The van der Waals surface area contributed by atoms with Crippen LogP contribution in [0.15, 0.2) is 23.0 Å². The smallest absolute Gasteiger partial charge is 0.278 e. The average Bonchev–Trinajstić information content (AvgIpc) is 3.03. The molecule has 0 unspecified atom stereocenters. The van der Waals surface area contributed by atoms with Crippen molar-refractivity contribution in [2.75, 3.05) is 12.5 Å². The van der Waals surface area contributed by atoms with Crippen molar-refractivity contribution < 1.29 is 9.47 Å². The van der Waals surface area contributed by atoms with E-state index < -0.39 is 0 Å². The Labute approximate surface area is 111 Å². The zero-order valence-corrected chi connectivity index (χ0v) is 10.1. The Kier molecular flexibility index (Phi) is 2.02. The number of H-pyrrole nitrogens is 2. The molecule has 8 nitrogen and oxygen atoms in total. The van der Waals surface area contributed by atoms with Gasteiger partial charge in [-0.25, -0.2) is 4.98 Å². The first-order chi connectivity index (χ1) is 9.70. The molecule has 0 saturated carbocycles. The number of aromatic amines is 2. The molecule has 0 atom stereocenters. The van der Waals surface area contributed by atoms with Gasteiger partial charge in [-0.15, -0.1) is 0 Å². The van der Waals surface area contributed by atoms with E-state index in [1.54, 1.807) is 12.1 Å². The number of rotatable bonds is 1. The van der Waals surface area contributed by atoms with Crippen molar-refractivity contribution in [1.82, 2.24) is 19.9 Å². The minimum atomic E-state index is -0.355. The number of hydrogen-bond donors (Lipinski definition) is 3. The number of imidazole rings is 1. The van der Waals surface area contributed by atoms with E-state index in [1.807, 2.05) is 6.07 Å². The van der Waals surface area contributed by atoms with Crippen LogP contribution in [0.4, 0.5) is 5.95 Å². The van der Waals surface area contributed by atoms with Gasteiger partial charge in [0.25, 0.3) is 5.56 Å². The second-order valence-electron chi connectivity index (χ2n) is 4.30.